The van der Waals surface area contributed by atoms with Crippen molar-refractivity contribution < 1.29 is 4.79 Å². The lowest BCUT2D eigenvalue weighted by atomic mass is 9.96. The summed E-state index contributed by atoms with van der Waals surface area (Å²) < 4.78 is 0. The van der Waals surface area contributed by atoms with Gasteiger partial charge in [0.25, 0.3) is 5.91 Å². The molecule has 1 amide bonds. The number of rotatable bonds is 2. The first kappa shape index (κ1) is 14.0. The molecule has 2 atom stereocenters. The lowest BCUT2D eigenvalue weighted by Gasteiger charge is -2.40. The zero-order valence-corrected chi connectivity index (χ0v) is 12.5. The average Bonchev–Trinajstić information content (AvgIpc) is 2.75. The van der Waals surface area contributed by atoms with Crippen LogP contribution in [0.4, 0.5) is 0 Å². The Hall–Kier alpha value is -1.93. The van der Waals surface area contributed by atoms with Gasteiger partial charge in [-0.25, -0.2) is 0 Å². The van der Waals surface area contributed by atoms with E-state index in [1.165, 1.54) is 19.0 Å². The maximum Gasteiger partial charge on any atom is 0.256 e. The van der Waals surface area contributed by atoms with E-state index in [4.69, 9.17) is 5.26 Å². The highest BCUT2D eigenvalue weighted by molar-refractivity contribution is 5.96. The molecule has 5 heteroatoms. The lowest BCUT2D eigenvalue weighted by Crippen LogP contribution is -2.49. The number of hydrogen-bond acceptors (Lipinski definition) is 4. The van der Waals surface area contributed by atoms with Crippen LogP contribution >= 0.6 is 0 Å². The first-order valence-electron chi connectivity index (χ1n) is 7.45. The zero-order chi connectivity index (χ0) is 15.0. The van der Waals surface area contributed by atoms with Gasteiger partial charge in [0, 0.05) is 37.6 Å². The van der Waals surface area contributed by atoms with E-state index in [2.05, 4.69) is 23.0 Å². The summed E-state index contributed by atoms with van der Waals surface area (Å²) in [4.78, 5) is 20.9. The predicted octanol–water partition coefficient (Wildman–Crippen LogP) is 1.65. The molecule has 0 saturated carbocycles. The van der Waals surface area contributed by atoms with E-state index in [1.54, 1.807) is 12.3 Å². The Balaban J connectivity index is 1.78. The topological polar surface area (TPSA) is 60.2 Å². The zero-order valence-electron chi connectivity index (χ0n) is 12.5. The number of fused-ring (bicyclic) bond motifs is 2. The Labute approximate surface area is 125 Å². The molecule has 2 unspecified atom stereocenters. The van der Waals surface area contributed by atoms with E-state index in [0.717, 1.165) is 12.8 Å². The summed E-state index contributed by atoms with van der Waals surface area (Å²) in [6, 6.07) is 5.12. The number of carbonyl (C=O) groups excluding carboxylic acids is 1. The van der Waals surface area contributed by atoms with Crippen molar-refractivity contribution in [2.75, 3.05) is 14.1 Å². The lowest BCUT2D eigenvalue weighted by molar-refractivity contribution is 0.0562. The number of piperidine rings is 1. The van der Waals surface area contributed by atoms with Crippen molar-refractivity contribution in [3.05, 3.63) is 29.6 Å². The van der Waals surface area contributed by atoms with Gasteiger partial charge >= 0.3 is 0 Å². The molecule has 2 bridgehead atoms. The third kappa shape index (κ3) is 2.40. The normalized spacial score (nSPS) is 28.1. The molecule has 2 aliphatic rings. The van der Waals surface area contributed by atoms with Crippen LogP contribution in [0.1, 0.15) is 41.6 Å². The van der Waals surface area contributed by atoms with Gasteiger partial charge in [0.15, 0.2) is 0 Å². The van der Waals surface area contributed by atoms with Crippen LogP contribution in [0.25, 0.3) is 0 Å². The summed E-state index contributed by atoms with van der Waals surface area (Å²) in [7, 11) is 4.04. The Morgan fingerprint density at radius 3 is 2.71 bits per heavy atom. The van der Waals surface area contributed by atoms with Crippen LogP contribution in [0.5, 0.6) is 0 Å². The molecule has 3 heterocycles. The van der Waals surface area contributed by atoms with Crippen LogP contribution in [0, 0.1) is 11.3 Å². The highest BCUT2D eigenvalue weighted by Crippen LogP contribution is 2.36. The minimum Gasteiger partial charge on any atom is -0.339 e. The Morgan fingerprint density at radius 1 is 1.43 bits per heavy atom. The van der Waals surface area contributed by atoms with Crippen molar-refractivity contribution in [2.24, 2.45) is 0 Å². The van der Waals surface area contributed by atoms with Crippen molar-refractivity contribution in [3.63, 3.8) is 0 Å². The second-order valence-electron chi connectivity index (χ2n) is 6.12. The minimum absolute atomic E-state index is 0.0893. The van der Waals surface area contributed by atoms with Crippen LogP contribution < -0.4 is 0 Å². The molecule has 110 valence electrons. The molecular weight excluding hydrogens is 264 g/mol. The van der Waals surface area contributed by atoms with Gasteiger partial charge in [-0.1, -0.05) is 0 Å². The Morgan fingerprint density at radius 2 is 2.10 bits per heavy atom. The van der Waals surface area contributed by atoms with Gasteiger partial charge in [-0.15, -0.1) is 0 Å². The van der Waals surface area contributed by atoms with Crippen LogP contribution in [0.3, 0.4) is 0 Å². The largest absolute Gasteiger partial charge is 0.339 e. The van der Waals surface area contributed by atoms with Crippen molar-refractivity contribution in [1.82, 2.24) is 14.8 Å². The standard InChI is InChI=1S/C16H20N4O/c1-19-12-3-4-13(19)8-14(7-12)20(2)16(21)15-10-18-6-5-11(15)9-17/h5-6,10,12-14H,3-4,7-8H2,1-2H3. The molecule has 5 nitrogen and oxygen atoms in total. The summed E-state index contributed by atoms with van der Waals surface area (Å²) >= 11 is 0. The quantitative estimate of drug-likeness (QED) is 0.828. The highest BCUT2D eigenvalue weighted by Gasteiger charge is 2.40. The predicted molar refractivity (Wildman–Crippen MR) is 78.6 cm³/mol. The maximum atomic E-state index is 12.7. The highest BCUT2D eigenvalue weighted by atomic mass is 16.2. The smallest absolute Gasteiger partial charge is 0.256 e. The summed E-state index contributed by atoms with van der Waals surface area (Å²) in [6.07, 6.45) is 7.56. The Kier molecular flexibility index (Phi) is 3.64. The molecule has 0 radical (unpaired) electrons. The number of nitrogens with zero attached hydrogens (tertiary/aromatic N) is 4. The van der Waals surface area contributed by atoms with E-state index < -0.39 is 0 Å². The van der Waals surface area contributed by atoms with Crippen molar-refractivity contribution >= 4 is 5.91 Å². The number of amides is 1. The third-order valence-corrected chi connectivity index (χ3v) is 5.11. The van der Waals surface area contributed by atoms with Crippen molar-refractivity contribution in [1.29, 1.82) is 5.26 Å². The van der Waals surface area contributed by atoms with E-state index in [-0.39, 0.29) is 11.9 Å². The van der Waals surface area contributed by atoms with E-state index in [0.29, 0.717) is 23.2 Å². The van der Waals surface area contributed by atoms with Gasteiger partial charge in [-0.05, 0) is 38.8 Å². The molecular formula is C16H20N4O. The molecule has 0 aliphatic carbocycles. The molecule has 2 saturated heterocycles. The first-order chi connectivity index (χ1) is 10.1. The van der Waals surface area contributed by atoms with Gasteiger partial charge in [-0.2, -0.15) is 5.26 Å². The van der Waals surface area contributed by atoms with Crippen LogP contribution in [0.2, 0.25) is 0 Å². The molecule has 2 aliphatic heterocycles. The van der Waals surface area contributed by atoms with E-state index in [1.807, 2.05) is 11.9 Å². The van der Waals surface area contributed by atoms with E-state index in [9.17, 15) is 4.79 Å². The Bertz CT molecular complexity index is 580. The van der Waals surface area contributed by atoms with Gasteiger partial charge in [0.05, 0.1) is 11.1 Å². The third-order valence-electron chi connectivity index (χ3n) is 5.11. The van der Waals surface area contributed by atoms with Gasteiger partial charge in [0.2, 0.25) is 0 Å². The summed E-state index contributed by atoms with van der Waals surface area (Å²) in [5.74, 6) is -0.0893. The molecule has 1 aromatic heterocycles. The molecule has 2 fully saturated rings. The van der Waals surface area contributed by atoms with Crippen molar-refractivity contribution in [3.8, 4) is 6.07 Å². The fourth-order valence-electron chi connectivity index (χ4n) is 3.72. The SMILES string of the molecule is CN(C(=O)c1cnccc1C#N)C1CC2CCC(C1)N2C. The van der Waals surface area contributed by atoms with Crippen molar-refractivity contribution in [2.45, 2.75) is 43.8 Å². The molecule has 3 rings (SSSR count). The van der Waals surface area contributed by atoms with Crippen LogP contribution in [-0.4, -0.2) is 52.9 Å². The number of nitriles is 1. The summed E-state index contributed by atoms with van der Waals surface area (Å²) in [5.41, 5.74) is 0.812. The molecule has 21 heavy (non-hydrogen) atoms. The second kappa shape index (κ2) is 5.45. The molecule has 0 N–H and O–H groups in total. The number of hydrogen-bond donors (Lipinski definition) is 0. The molecule has 0 aromatic carbocycles. The minimum atomic E-state index is -0.0893. The number of carbonyl (C=O) groups is 1. The maximum absolute atomic E-state index is 12.7. The fourth-order valence-corrected chi connectivity index (χ4v) is 3.72. The fraction of sp³-hybridized carbons (Fsp3) is 0.562. The van der Waals surface area contributed by atoms with Gasteiger partial charge in [0.1, 0.15) is 6.07 Å². The number of aromatic nitrogens is 1. The molecule has 1 aromatic rings. The van der Waals surface area contributed by atoms with Gasteiger partial charge < -0.3 is 9.80 Å². The first-order valence-corrected chi connectivity index (χ1v) is 7.45. The average molecular weight is 284 g/mol. The monoisotopic (exact) mass is 284 g/mol. The van der Waals surface area contributed by atoms with E-state index >= 15 is 0 Å². The summed E-state index contributed by atoms with van der Waals surface area (Å²) in [5, 5.41) is 9.13. The molecule has 0 spiro atoms. The van der Waals surface area contributed by atoms with Crippen LogP contribution in [-0.2, 0) is 0 Å². The summed E-state index contributed by atoms with van der Waals surface area (Å²) in [6.45, 7) is 0. The number of pyridine rings is 1. The van der Waals surface area contributed by atoms with Gasteiger partial charge in [-0.3, -0.25) is 9.78 Å². The second-order valence-corrected chi connectivity index (χ2v) is 6.12. The van der Waals surface area contributed by atoms with Crippen LogP contribution in [0.15, 0.2) is 18.5 Å².